The summed E-state index contributed by atoms with van der Waals surface area (Å²) in [5.41, 5.74) is 0. The van der Waals surface area contributed by atoms with Gasteiger partial charge in [-0.2, -0.15) is 0 Å². The Bertz CT molecular complexity index is 171. The minimum absolute atomic E-state index is 0.00810. The summed E-state index contributed by atoms with van der Waals surface area (Å²) in [5.74, 6) is -1.35. The molecule has 0 saturated heterocycles. The molecule has 0 amide bonds. The van der Waals surface area contributed by atoms with Crippen molar-refractivity contribution in [2.45, 2.75) is 31.8 Å². The van der Waals surface area contributed by atoms with Gasteiger partial charge in [-0.15, -0.1) is 0 Å². The molecular formula is C7H10O4. The average molecular weight is 158 g/mol. The van der Waals surface area contributed by atoms with E-state index in [0.29, 0.717) is 0 Å². The zero-order valence-corrected chi connectivity index (χ0v) is 6.08. The van der Waals surface area contributed by atoms with Crippen LogP contribution in [-0.2, 0) is 14.3 Å². The van der Waals surface area contributed by atoms with Gasteiger partial charge < -0.3 is 9.84 Å². The molecule has 0 aromatic rings. The van der Waals surface area contributed by atoms with Gasteiger partial charge in [-0.05, 0) is 12.8 Å². The maximum absolute atomic E-state index is 10.7. The molecule has 0 radical (unpaired) electrons. The van der Waals surface area contributed by atoms with Crippen molar-refractivity contribution < 1.29 is 19.4 Å². The number of aliphatic carboxylic acids is 1. The van der Waals surface area contributed by atoms with Gasteiger partial charge in [-0.25, -0.2) is 0 Å². The maximum atomic E-state index is 10.7. The van der Waals surface area contributed by atoms with Gasteiger partial charge in [0.05, 0.1) is 12.8 Å². The van der Waals surface area contributed by atoms with Crippen molar-refractivity contribution in [2.24, 2.45) is 0 Å². The van der Waals surface area contributed by atoms with Crippen LogP contribution in [0.2, 0.25) is 0 Å². The van der Waals surface area contributed by atoms with Crippen LogP contribution in [0, 0.1) is 0 Å². The summed E-state index contributed by atoms with van der Waals surface area (Å²) in [5, 5.41) is 8.20. The minimum Gasteiger partial charge on any atom is -0.481 e. The molecule has 0 aliphatic heterocycles. The lowest BCUT2D eigenvalue weighted by molar-refractivity contribution is -0.148. The monoisotopic (exact) mass is 158 g/mol. The molecule has 0 bridgehead atoms. The lowest BCUT2D eigenvalue weighted by atomic mass is 10.3. The van der Waals surface area contributed by atoms with Crippen molar-refractivity contribution in [3.8, 4) is 0 Å². The largest absolute Gasteiger partial charge is 0.481 e. The fraction of sp³-hybridized carbons (Fsp3) is 0.714. The van der Waals surface area contributed by atoms with Crippen molar-refractivity contribution in [2.75, 3.05) is 0 Å². The Labute approximate surface area is 64.2 Å². The van der Waals surface area contributed by atoms with Gasteiger partial charge in [0.2, 0.25) is 0 Å². The van der Waals surface area contributed by atoms with Crippen LogP contribution in [0.4, 0.5) is 0 Å². The maximum Gasteiger partial charge on any atom is 0.306 e. The van der Waals surface area contributed by atoms with Crippen LogP contribution < -0.4 is 0 Å². The molecule has 0 atom stereocenters. The third-order valence-corrected chi connectivity index (χ3v) is 1.37. The number of rotatable bonds is 4. The molecule has 0 spiro atoms. The molecular weight excluding hydrogens is 148 g/mol. The standard InChI is InChI=1S/C7H10O4/c8-6(9)3-4-7(10)11-5-1-2-5/h5H,1-4H2,(H,8,9). The van der Waals surface area contributed by atoms with Crippen molar-refractivity contribution in [1.29, 1.82) is 0 Å². The van der Waals surface area contributed by atoms with Crippen LogP contribution in [0.1, 0.15) is 25.7 Å². The van der Waals surface area contributed by atoms with Gasteiger partial charge >= 0.3 is 11.9 Å². The van der Waals surface area contributed by atoms with Crippen LogP contribution >= 0.6 is 0 Å². The van der Waals surface area contributed by atoms with Crippen LogP contribution in [0.3, 0.4) is 0 Å². The average Bonchev–Trinajstić information content (AvgIpc) is 2.67. The number of hydrogen-bond donors (Lipinski definition) is 1. The van der Waals surface area contributed by atoms with E-state index in [1.165, 1.54) is 0 Å². The predicted molar refractivity (Wildman–Crippen MR) is 36.0 cm³/mol. The second kappa shape index (κ2) is 3.37. The molecule has 1 saturated carbocycles. The molecule has 1 aliphatic carbocycles. The summed E-state index contributed by atoms with van der Waals surface area (Å²) in [4.78, 5) is 20.7. The van der Waals surface area contributed by atoms with E-state index in [9.17, 15) is 9.59 Å². The van der Waals surface area contributed by atoms with E-state index >= 15 is 0 Å². The summed E-state index contributed by atoms with van der Waals surface area (Å²) in [6.07, 6.45) is 1.80. The van der Waals surface area contributed by atoms with E-state index in [2.05, 4.69) is 0 Å². The predicted octanol–water partition coefficient (Wildman–Crippen LogP) is 0.557. The molecule has 0 heterocycles. The zero-order chi connectivity index (χ0) is 8.27. The fourth-order valence-corrected chi connectivity index (χ4v) is 0.640. The summed E-state index contributed by atoms with van der Waals surface area (Å²) in [7, 11) is 0. The van der Waals surface area contributed by atoms with Crippen LogP contribution in [-0.4, -0.2) is 23.1 Å². The van der Waals surface area contributed by atoms with Crippen molar-refractivity contribution >= 4 is 11.9 Å². The Morgan fingerprint density at radius 1 is 1.36 bits per heavy atom. The highest BCUT2D eigenvalue weighted by Crippen LogP contribution is 2.23. The van der Waals surface area contributed by atoms with Crippen molar-refractivity contribution in [3.05, 3.63) is 0 Å². The van der Waals surface area contributed by atoms with Crippen LogP contribution in [0.15, 0.2) is 0 Å². The molecule has 1 N–H and O–H groups in total. The summed E-state index contributed by atoms with van der Waals surface area (Å²) in [6, 6.07) is 0. The summed E-state index contributed by atoms with van der Waals surface area (Å²) < 4.78 is 4.81. The Balaban J connectivity index is 2.04. The van der Waals surface area contributed by atoms with E-state index < -0.39 is 11.9 Å². The van der Waals surface area contributed by atoms with Crippen molar-refractivity contribution in [3.63, 3.8) is 0 Å². The van der Waals surface area contributed by atoms with Gasteiger partial charge in [-0.1, -0.05) is 0 Å². The first-order valence-corrected chi connectivity index (χ1v) is 3.60. The lowest BCUT2D eigenvalue weighted by Crippen LogP contribution is -2.08. The van der Waals surface area contributed by atoms with Crippen LogP contribution in [0.5, 0.6) is 0 Å². The Morgan fingerprint density at radius 2 is 2.00 bits per heavy atom. The number of esters is 1. The Kier molecular flexibility index (Phi) is 2.46. The number of carboxylic acids is 1. The minimum atomic E-state index is -0.960. The molecule has 1 rings (SSSR count). The van der Waals surface area contributed by atoms with E-state index in [-0.39, 0.29) is 18.9 Å². The number of carbonyl (C=O) groups is 2. The highest BCUT2D eigenvalue weighted by Gasteiger charge is 2.25. The number of carboxylic acid groups (broad SMARTS) is 1. The number of ether oxygens (including phenoxy) is 1. The topological polar surface area (TPSA) is 63.6 Å². The zero-order valence-electron chi connectivity index (χ0n) is 6.08. The van der Waals surface area contributed by atoms with Gasteiger partial charge in [0.25, 0.3) is 0 Å². The second-order valence-corrected chi connectivity index (χ2v) is 2.58. The van der Waals surface area contributed by atoms with Gasteiger partial charge in [-0.3, -0.25) is 9.59 Å². The highest BCUT2D eigenvalue weighted by molar-refractivity contribution is 5.76. The van der Waals surface area contributed by atoms with Crippen LogP contribution in [0.25, 0.3) is 0 Å². The molecule has 62 valence electrons. The first kappa shape index (κ1) is 8.04. The quantitative estimate of drug-likeness (QED) is 0.607. The first-order valence-electron chi connectivity index (χ1n) is 3.60. The number of hydrogen-bond acceptors (Lipinski definition) is 3. The smallest absolute Gasteiger partial charge is 0.306 e. The molecule has 11 heavy (non-hydrogen) atoms. The lowest BCUT2D eigenvalue weighted by Gasteiger charge is -1.99. The van der Waals surface area contributed by atoms with E-state index in [0.717, 1.165) is 12.8 Å². The fourth-order valence-electron chi connectivity index (χ4n) is 0.640. The Hall–Kier alpha value is -1.06. The van der Waals surface area contributed by atoms with Crippen molar-refractivity contribution in [1.82, 2.24) is 0 Å². The molecule has 0 aromatic carbocycles. The normalized spacial score (nSPS) is 16.0. The third-order valence-electron chi connectivity index (χ3n) is 1.37. The molecule has 0 unspecified atom stereocenters. The van der Waals surface area contributed by atoms with E-state index in [1.54, 1.807) is 0 Å². The summed E-state index contributed by atoms with van der Waals surface area (Å²) >= 11 is 0. The Morgan fingerprint density at radius 3 is 2.45 bits per heavy atom. The van der Waals surface area contributed by atoms with E-state index in [4.69, 9.17) is 9.84 Å². The number of carbonyl (C=O) groups excluding carboxylic acids is 1. The van der Waals surface area contributed by atoms with Gasteiger partial charge in [0, 0.05) is 0 Å². The SMILES string of the molecule is O=C(O)CCC(=O)OC1CC1. The highest BCUT2D eigenvalue weighted by atomic mass is 16.5. The molecule has 4 heteroatoms. The second-order valence-electron chi connectivity index (χ2n) is 2.58. The molecule has 1 fully saturated rings. The third kappa shape index (κ3) is 3.60. The molecule has 1 aliphatic rings. The molecule has 0 aromatic heterocycles. The van der Waals surface area contributed by atoms with Gasteiger partial charge in [0.15, 0.2) is 0 Å². The van der Waals surface area contributed by atoms with Gasteiger partial charge in [0.1, 0.15) is 6.10 Å². The summed E-state index contributed by atoms with van der Waals surface area (Å²) in [6.45, 7) is 0. The van der Waals surface area contributed by atoms with E-state index in [1.807, 2.05) is 0 Å². The first-order chi connectivity index (χ1) is 5.18. The molecule has 4 nitrogen and oxygen atoms in total.